The lowest BCUT2D eigenvalue weighted by molar-refractivity contribution is 0.0702. The number of ether oxygens (including phenoxy) is 2. The van der Waals surface area contributed by atoms with Gasteiger partial charge in [-0.25, -0.2) is 0 Å². The average Bonchev–Trinajstić information content (AvgIpc) is 3.01. The molecule has 0 saturated heterocycles. The molecule has 0 amide bonds. The summed E-state index contributed by atoms with van der Waals surface area (Å²) in [5.74, 6) is 0. The monoisotopic (exact) mass is 1130 g/mol. The van der Waals surface area contributed by atoms with E-state index < -0.39 is 102 Å². The summed E-state index contributed by atoms with van der Waals surface area (Å²) in [6.07, 6.45) is 7.52. The van der Waals surface area contributed by atoms with Crippen molar-refractivity contribution in [2.24, 2.45) is 0 Å². The van der Waals surface area contributed by atoms with Crippen LogP contribution in [0.15, 0.2) is 0 Å². The molecule has 0 bridgehead atoms. The van der Waals surface area contributed by atoms with E-state index in [1.165, 1.54) is 0 Å². The fourth-order valence-corrected chi connectivity index (χ4v) is 72.1. The zero-order chi connectivity index (χ0) is 51.1. The molecular formula is C41H108O12Si12. The predicted octanol–water partition coefficient (Wildman–Crippen LogP) is 14.3. The summed E-state index contributed by atoms with van der Waals surface area (Å²) in [7, 11) is -31.2. The molecule has 12 nitrogen and oxygen atoms in total. The van der Waals surface area contributed by atoms with E-state index in [2.05, 4.69) is 165 Å². The topological polar surface area (TPSA) is 111 Å². The standard InChI is InChI=1S/C41H108O12Si12/c1-27-30-37-56(11,12)46-60(19,20)50-65(51-61(21,22)47-57(13,14)38-31-28-2,52-62(23,24)48-58(15,16)39-32-29-3)41-64(26,45-55(8,9)10)53-63(25,40-33-34-43-36-35-42-4)49-59(17,18)44-54(5,6)7/h27-41H2,1-26H3. The lowest BCUT2D eigenvalue weighted by Gasteiger charge is -2.50. The summed E-state index contributed by atoms with van der Waals surface area (Å²) in [4.78, 5) is 0. The highest BCUT2D eigenvalue weighted by atomic mass is 28.6. The highest BCUT2D eigenvalue weighted by Gasteiger charge is 2.63. The summed E-state index contributed by atoms with van der Waals surface area (Å²) in [6, 6.07) is 3.89. The van der Waals surface area contributed by atoms with Crippen LogP contribution in [0.3, 0.4) is 0 Å². The second-order valence-corrected chi connectivity index (χ2v) is 72.0. The first-order valence-electron chi connectivity index (χ1n) is 25.1. The van der Waals surface area contributed by atoms with Crippen molar-refractivity contribution < 1.29 is 50.6 Å². The van der Waals surface area contributed by atoms with Gasteiger partial charge in [0.05, 0.1) is 18.9 Å². The Hall–Kier alpha value is 2.12. The second kappa shape index (κ2) is 27.4. The largest absolute Gasteiger partial charge is 0.476 e. The molecule has 2 unspecified atom stereocenters. The Morgan fingerprint density at radius 3 is 0.985 bits per heavy atom. The molecule has 0 aromatic heterocycles. The molecule has 0 aromatic rings. The van der Waals surface area contributed by atoms with Crippen LogP contribution in [0, 0.1) is 0 Å². The van der Waals surface area contributed by atoms with Crippen LogP contribution in [0.4, 0.5) is 0 Å². The molecule has 392 valence electrons. The summed E-state index contributed by atoms with van der Waals surface area (Å²) in [6.45, 7) is 57.8. The Morgan fingerprint density at radius 2 is 0.662 bits per heavy atom. The second-order valence-electron chi connectivity index (χ2n) is 24.3. The Kier molecular flexibility index (Phi) is 28.3. The molecule has 2 atom stereocenters. The summed E-state index contributed by atoms with van der Waals surface area (Å²) in [5, 5.41) is 0. The Labute approximate surface area is 416 Å². The van der Waals surface area contributed by atoms with Gasteiger partial charge in [-0.15, -0.1) is 0 Å². The van der Waals surface area contributed by atoms with Gasteiger partial charge in [-0.05, 0) is 175 Å². The lowest BCUT2D eigenvalue weighted by Crippen LogP contribution is -2.70. The van der Waals surface area contributed by atoms with Crippen molar-refractivity contribution in [3.8, 4) is 0 Å². The summed E-state index contributed by atoms with van der Waals surface area (Å²) < 4.78 is 86.5. The minimum Gasteiger partial charge on any atom is -0.437 e. The van der Waals surface area contributed by atoms with Crippen LogP contribution in [0.25, 0.3) is 0 Å². The maximum Gasteiger partial charge on any atom is 0.476 e. The van der Waals surface area contributed by atoms with Crippen molar-refractivity contribution >= 4 is 102 Å². The smallest absolute Gasteiger partial charge is 0.437 e. The van der Waals surface area contributed by atoms with Gasteiger partial charge in [-0.3, -0.25) is 0 Å². The minimum absolute atomic E-state index is 0.363. The highest BCUT2D eigenvalue weighted by Crippen LogP contribution is 2.40. The van der Waals surface area contributed by atoms with Crippen molar-refractivity contribution in [1.29, 1.82) is 0 Å². The van der Waals surface area contributed by atoms with Crippen molar-refractivity contribution in [2.45, 2.75) is 240 Å². The van der Waals surface area contributed by atoms with Crippen molar-refractivity contribution in [3.63, 3.8) is 0 Å². The third kappa shape index (κ3) is 32.0. The number of rotatable bonds is 38. The molecular weight excluding hydrogens is 1020 g/mol. The molecule has 0 saturated carbocycles. The van der Waals surface area contributed by atoms with E-state index in [1.807, 2.05) is 0 Å². The predicted molar refractivity (Wildman–Crippen MR) is 305 cm³/mol. The maximum absolute atomic E-state index is 7.84. The summed E-state index contributed by atoms with van der Waals surface area (Å²) in [5.41, 5.74) is 0.363. The first-order valence-corrected chi connectivity index (χ1v) is 59.5. The molecule has 65 heavy (non-hydrogen) atoms. The quantitative estimate of drug-likeness (QED) is 0.0434. The molecule has 24 heteroatoms. The molecule has 0 spiro atoms. The fourth-order valence-electron chi connectivity index (χ4n) is 9.04. The number of methoxy groups -OCH3 is 1. The third-order valence-electron chi connectivity index (χ3n) is 10.0. The van der Waals surface area contributed by atoms with Gasteiger partial charge in [-0.2, -0.15) is 0 Å². The van der Waals surface area contributed by atoms with E-state index in [0.29, 0.717) is 31.5 Å². The molecule has 0 aromatic carbocycles. The Balaban J connectivity index is 8.33. The van der Waals surface area contributed by atoms with Crippen LogP contribution in [0.2, 0.25) is 174 Å². The van der Waals surface area contributed by atoms with Gasteiger partial charge in [0, 0.05) is 13.7 Å². The molecule has 0 rings (SSSR count). The van der Waals surface area contributed by atoms with Gasteiger partial charge in [0.25, 0.3) is 0 Å². The molecule has 0 fully saturated rings. The van der Waals surface area contributed by atoms with Gasteiger partial charge < -0.3 is 50.6 Å². The van der Waals surface area contributed by atoms with Crippen molar-refractivity contribution in [3.05, 3.63) is 0 Å². The highest BCUT2D eigenvalue weighted by molar-refractivity contribution is 7.00. The maximum atomic E-state index is 7.84. The molecule has 0 radical (unpaired) electrons. The first kappa shape index (κ1) is 67.1. The van der Waals surface area contributed by atoms with E-state index >= 15 is 0 Å². The molecule has 0 N–H and O–H groups in total. The average molecular weight is 1130 g/mol. The Morgan fingerprint density at radius 1 is 0.308 bits per heavy atom. The number of unbranched alkanes of at least 4 members (excludes halogenated alkanes) is 3. The molecule has 0 heterocycles. The summed E-state index contributed by atoms with van der Waals surface area (Å²) >= 11 is 0. The fraction of sp³-hybridized carbons (Fsp3) is 1.00. The van der Waals surface area contributed by atoms with E-state index in [-0.39, 0.29) is 0 Å². The first-order chi connectivity index (χ1) is 29.0. The van der Waals surface area contributed by atoms with Crippen LogP contribution in [-0.4, -0.2) is 129 Å². The van der Waals surface area contributed by atoms with Crippen LogP contribution in [-0.2, 0) is 50.6 Å². The van der Waals surface area contributed by atoms with Crippen LogP contribution < -0.4 is 0 Å². The number of hydrogen-bond acceptors (Lipinski definition) is 12. The van der Waals surface area contributed by atoms with E-state index in [0.717, 1.165) is 63.1 Å². The van der Waals surface area contributed by atoms with Crippen molar-refractivity contribution in [1.82, 2.24) is 0 Å². The van der Waals surface area contributed by atoms with Crippen LogP contribution in [0.5, 0.6) is 0 Å². The Bertz CT molecular complexity index is 1260. The van der Waals surface area contributed by atoms with Gasteiger partial charge >= 0.3 is 60.2 Å². The van der Waals surface area contributed by atoms with Gasteiger partial charge in [0.15, 0.2) is 41.6 Å². The van der Waals surface area contributed by atoms with Crippen LogP contribution >= 0.6 is 0 Å². The number of hydrogen-bond donors (Lipinski definition) is 0. The van der Waals surface area contributed by atoms with Gasteiger partial charge in [-0.1, -0.05) is 59.3 Å². The minimum atomic E-state index is -3.95. The zero-order valence-electron chi connectivity index (χ0n) is 47.5. The van der Waals surface area contributed by atoms with E-state index in [1.54, 1.807) is 7.11 Å². The van der Waals surface area contributed by atoms with E-state index in [9.17, 15) is 0 Å². The third-order valence-corrected chi connectivity index (χ3v) is 58.2. The molecule has 0 aliphatic carbocycles. The van der Waals surface area contributed by atoms with E-state index in [4.69, 9.17) is 50.6 Å². The van der Waals surface area contributed by atoms with Crippen LogP contribution in [0.1, 0.15) is 65.7 Å². The molecule has 0 aliphatic rings. The van der Waals surface area contributed by atoms with Gasteiger partial charge in [0.2, 0.25) is 0 Å². The SMILES string of the molecule is CCCC[Si](C)(C)O[Si](C)(C)O[Si](C[Si](C)(O[Si](C)(C)C)O[Si](C)(CCCOCCOC)O[Si](C)(C)O[Si](C)(C)C)(O[Si](C)(C)O[Si](C)(C)CCCC)O[Si](C)(C)O[Si](C)(C)CCCC. The zero-order valence-corrected chi connectivity index (χ0v) is 59.5. The molecule has 0 aliphatic heterocycles. The van der Waals surface area contributed by atoms with Gasteiger partial charge in [0.1, 0.15) is 0 Å². The van der Waals surface area contributed by atoms with Crippen molar-refractivity contribution in [2.75, 3.05) is 26.9 Å². The lowest BCUT2D eigenvalue weighted by atomic mass is 10.4. The normalized spacial score (nSPS) is 16.5.